The minimum Gasteiger partial charge on any atom is -0.380 e. The number of amides is 2. The molecule has 0 saturated heterocycles. The van der Waals surface area contributed by atoms with Gasteiger partial charge in [-0.05, 0) is 6.42 Å². The number of rotatable bonds is 9. The summed E-state index contributed by atoms with van der Waals surface area (Å²) in [5, 5.41) is 5.00. The first-order valence-electron chi connectivity index (χ1n) is 5.52. The zero-order valence-electron chi connectivity index (χ0n) is 10.2. The summed E-state index contributed by atoms with van der Waals surface area (Å²) >= 11 is 0. The van der Waals surface area contributed by atoms with Crippen LogP contribution >= 0.6 is 12.4 Å². The van der Waals surface area contributed by atoms with Crippen LogP contribution in [-0.2, 0) is 14.3 Å². The van der Waals surface area contributed by atoms with Gasteiger partial charge in [-0.3, -0.25) is 9.59 Å². The van der Waals surface area contributed by atoms with Crippen LogP contribution in [0.2, 0.25) is 0 Å². The number of carbonyl (C=O) groups excluding carboxylic acids is 2. The summed E-state index contributed by atoms with van der Waals surface area (Å²) in [5.74, 6) is -0.574. The van der Waals surface area contributed by atoms with Crippen molar-refractivity contribution >= 4 is 24.2 Å². The van der Waals surface area contributed by atoms with E-state index >= 15 is 0 Å². The smallest absolute Gasteiger partial charge is 0.239 e. The fourth-order valence-electron chi connectivity index (χ4n) is 0.925. The van der Waals surface area contributed by atoms with E-state index in [4.69, 9.17) is 10.5 Å². The molecule has 6 nitrogen and oxygen atoms in total. The Morgan fingerprint density at radius 1 is 1.18 bits per heavy atom. The van der Waals surface area contributed by atoms with Crippen LogP contribution in [0.15, 0.2) is 0 Å². The first-order valence-corrected chi connectivity index (χ1v) is 5.52. The van der Waals surface area contributed by atoms with Crippen molar-refractivity contribution in [2.45, 2.75) is 19.8 Å². The number of hydrogen-bond donors (Lipinski definition) is 3. The molecule has 0 aliphatic rings. The lowest BCUT2D eigenvalue weighted by atomic mass is 10.4. The minimum absolute atomic E-state index is 0. The predicted octanol–water partition coefficient (Wildman–Crippen LogP) is -0.584. The van der Waals surface area contributed by atoms with Crippen molar-refractivity contribution in [2.24, 2.45) is 5.73 Å². The lowest BCUT2D eigenvalue weighted by molar-refractivity contribution is -0.125. The Hall–Kier alpha value is -0.850. The number of hydrogen-bond acceptors (Lipinski definition) is 4. The molecule has 0 atom stereocenters. The molecule has 0 spiro atoms. The Bertz CT molecular complexity index is 215. The first kappa shape index (κ1) is 18.5. The molecule has 7 heteroatoms. The number of nitrogens with two attached hydrogens (primary N) is 1. The normalized spacial score (nSPS) is 9.29. The largest absolute Gasteiger partial charge is 0.380 e. The topological polar surface area (TPSA) is 93.5 Å². The zero-order chi connectivity index (χ0) is 12.2. The maximum absolute atomic E-state index is 11.1. The van der Waals surface area contributed by atoms with E-state index in [1.54, 1.807) is 0 Å². The van der Waals surface area contributed by atoms with E-state index in [2.05, 4.69) is 17.6 Å². The fraction of sp³-hybridized carbons (Fsp3) is 0.800. The summed E-state index contributed by atoms with van der Waals surface area (Å²) < 4.78 is 5.25. The van der Waals surface area contributed by atoms with E-state index in [1.165, 1.54) is 0 Å². The van der Waals surface area contributed by atoms with Gasteiger partial charge in [0.15, 0.2) is 0 Å². The van der Waals surface area contributed by atoms with Crippen molar-refractivity contribution in [2.75, 3.05) is 32.8 Å². The molecular formula is C10H22ClN3O3. The van der Waals surface area contributed by atoms with Crippen molar-refractivity contribution in [1.29, 1.82) is 0 Å². The summed E-state index contributed by atoms with van der Waals surface area (Å²) in [6, 6.07) is 0. The van der Waals surface area contributed by atoms with Crippen LogP contribution in [0, 0.1) is 0 Å². The molecule has 4 N–H and O–H groups in total. The van der Waals surface area contributed by atoms with Crippen molar-refractivity contribution in [1.82, 2.24) is 10.6 Å². The Labute approximate surface area is 108 Å². The summed E-state index contributed by atoms with van der Waals surface area (Å²) in [7, 11) is 0. The van der Waals surface area contributed by atoms with E-state index in [0.29, 0.717) is 13.2 Å². The quantitative estimate of drug-likeness (QED) is 0.487. The van der Waals surface area contributed by atoms with Crippen LogP contribution in [0.25, 0.3) is 0 Å². The van der Waals surface area contributed by atoms with Gasteiger partial charge >= 0.3 is 0 Å². The van der Waals surface area contributed by atoms with E-state index in [0.717, 1.165) is 19.4 Å². The third-order valence-corrected chi connectivity index (χ3v) is 1.84. The van der Waals surface area contributed by atoms with Crippen molar-refractivity contribution in [3.05, 3.63) is 0 Å². The monoisotopic (exact) mass is 267 g/mol. The molecule has 0 aliphatic carbocycles. The van der Waals surface area contributed by atoms with Gasteiger partial charge in [-0.2, -0.15) is 0 Å². The van der Waals surface area contributed by atoms with Crippen LogP contribution in [0.3, 0.4) is 0 Å². The molecule has 0 aromatic carbocycles. The highest BCUT2D eigenvalue weighted by molar-refractivity contribution is 5.85. The average molecular weight is 268 g/mol. The van der Waals surface area contributed by atoms with Gasteiger partial charge in [0.05, 0.1) is 19.7 Å². The summed E-state index contributed by atoms with van der Waals surface area (Å²) in [5.41, 5.74) is 5.06. The Balaban J connectivity index is 0. The second kappa shape index (κ2) is 13.2. The molecule has 0 unspecified atom stereocenters. The summed E-state index contributed by atoms with van der Waals surface area (Å²) in [6.07, 6.45) is 2.12. The molecule has 0 fully saturated rings. The molecule has 17 heavy (non-hydrogen) atoms. The van der Waals surface area contributed by atoms with Gasteiger partial charge in [0.2, 0.25) is 11.8 Å². The second-order valence-electron chi connectivity index (χ2n) is 3.30. The number of halogens is 1. The SMILES string of the molecule is CCCCOCCNC(=O)CNC(=O)CN.Cl. The molecule has 102 valence electrons. The fourth-order valence-corrected chi connectivity index (χ4v) is 0.925. The molecule has 0 heterocycles. The van der Waals surface area contributed by atoms with Gasteiger partial charge in [-0.1, -0.05) is 13.3 Å². The predicted molar refractivity (Wildman–Crippen MR) is 68.0 cm³/mol. The molecule has 0 saturated carbocycles. The molecule has 0 aliphatic heterocycles. The second-order valence-corrected chi connectivity index (χ2v) is 3.30. The van der Waals surface area contributed by atoms with Crippen LogP contribution in [0.5, 0.6) is 0 Å². The summed E-state index contributed by atoms with van der Waals surface area (Å²) in [6.45, 7) is 3.62. The minimum atomic E-state index is -0.339. The Morgan fingerprint density at radius 2 is 1.88 bits per heavy atom. The highest BCUT2D eigenvalue weighted by atomic mass is 35.5. The van der Waals surface area contributed by atoms with E-state index in [1.807, 2.05) is 0 Å². The van der Waals surface area contributed by atoms with Crippen LogP contribution in [-0.4, -0.2) is 44.7 Å². The Morgan fingerprint density at radius 3 is 2.47 bits per heavy atom. The van der Waals surface area contributed by atoms with Crippen molar-refractivity contribution in [3.63, 3.8) is 0 Å². The van der Waals surface area contributed by atoms with Gasteiger partial charge in [0.1, 0.15) is 0 Å². The maximum Gasteiger partial charge on any atom is 0.239 e. The molecule has 2 amide bonds. The van der Waals surface area contributed by atoms with Gasteiger partial charge in [0, 0.05) is 13.2 Å². The van der Waals surface area contributed by atoms with E-state index in [-0.39, 0.29) is 37.3 Å². The standard InChI is InChI=1S/C10H21N3O3.ClH/c1-2-3-5-16-6-4-12-10(15)8-13-9(14)7-11;/h2-8,11H2,1H3,(H,12,15)(H,13,14);1H. The number of carbonyl (C=O) groups is 2. The average Bonchev–Trinajstić information content (AvgIpc) is 2.30. The lowest BCUT2D eigenvalue weighted by Gasteiger charge is -2.06. The van der Waals surface area contributed by atoms with Gasteiger partial charge in [0.25, 0.3) is 0 Å². The van der Waals surface area contributed by atoms with Gasteiger partial charge < -0.3 is 21.1 Å². The molecule has 0 rings (SSSR count). The number of ether oxygens (including phenoxy) is 1. The first-order chi connectivity index (χ1) is 7.70. The number of unbranched alkanes of at least 4 members (excludes halogenated alkanes) is 1. The molecule has 0 aromatic rings. The van der Waals surface area contributed by atoms with E-state index in [9.17, 15) is 9.59 Å². The zero-order valence-corrected chi connectivity index (χ0v) is 11.0. The highest BCUT2D eigenvalue weighted by Gasteiger charge is 2.02. The van der Waals surface area contributed by atoms with Crippen molar-refractivity contribution < 1.29 is 14.3 Å². The lowest BCUT2D eigenvalue weighted by Crippen LogP contribution is -2.40. The molecule has 0 bridgehead atoms. The van der Waals surface area contributed by atoms with Crippen LogP contribution in [0.4, 0.5) is 0 Å². The van der Waals surface area contributed by atoms with E-state index < -0.39 is 0 Å². The summed E-state index contributed by atoms with van der Waals surface area (Å²) in [4.78, 5) is 21.9. The Kier molecular flexibility index (Phi) is 14.4. The molecule has 0 radical (unpaired) electrons. The highest BCUT2D eigenvalue weighted by Crippen LogP contribution is 1.86. The van der Waals surface area contributed by atoms with Gasteiger partial charge in [-0.15, -0.1) is 12.4 Å². The number of nitrogens with one attached hydrogen (secondary N) is 2. The van der Waals surface area contributed by atoms with Crippen LogP contribution < -0.4 is 16.4 Å². The third kappa shape index (κ3) is 13.1. The maximum atomic E-state index is 11.1. The van der Waals surface area contributed by atoms with Gasteiger partial charge in [-0.25, -0.2) is 0 Å². The van der Waals surface area contributed by atoms with Crippen molar-refractivity contribution in [3.8, 4) is 0 Å². The third-order valence-electron chi connectivity index (χ3n) is 1.84. The molecular weight excluding hydrogens is 246 g/mol. The van der Waals surface area contributed by atoms with Crippen LogP contribution in [0.1, 0.15) is 19.8 Å². The molecule has 0 aromatic heterocycles.